The van der Waals surface area contributed by atoms with Gasteiger partial charge in [-0.2, -0.15) is 0 Å². The molecule has 0 saturated heterocycles. The van der Waals surface area contributed by atoms with E-state index in [2.05, 4.69) is 0 Å². The molecule has 0 fully saturated rings. The van der Waals surface area contributed by atoms with Gasteiger partial charge in [-0.15, -0.1) is 0 Å². The molecule has 0 aromatic heterocycles. The summed E-state index contributed by atoms with van der Waals surface area (Å²) in [6.45, 7) is 0. The maximum absolute atomic E-state index is 10.1. The SMILES string of the molecule is N=C(C=O)/C=C(\N)c1ccccc1. The molecule has 0 saturated carbocycles. The Kier molecular flexibility index (Phi) is 2.97. The first kappa shape index (κ1) is 9.19. The summed E-state index contributed by atoms with van der Waals surface area (Å²) in [7, 11) is 0. The fourth-order valence-electron chi connectivity index (χ4n) is 0.915. The van der Waals surface area contributed by atoms with Gasteiger partial charge in [-0.25, -0.2) is 0 Å². The van der Waals surface area contributed by atoms with Gasteiger partial charge in [-0.1, -0.05) is 30.3 Å². The third kappa shape index (κ3) is 2.56. The minimum atomic E-state index is -0.124. The van der Waals surface area contributed by atoms with Crippen LogP contribution < -0.4 is 5.73 Å². The lowest BCUT2D eigenvalue weighted by atomic mass is 10.1. The van der Waals surface area contributed by atoms with Crippen LogP contribution in [0, 0.1) is 5.41 Å². The van der Waals surface area contributed by atoms with Crippen molar-refractivity contribution in [2.45, 2.75) is 0 Å². The molecular formula is C10H10N2O. The first-order chi connectivity index (χ1) is 6.24. The molecule has 0 spiro atoms. The Morgan fingerprint density at radius 3 is 2.46 bits per heavy atom. The zero-order valence-corrected chi connectivity index (χ0v) is 7.03. The summed E-state index contributed by atoms with van der Waals surface area (Å²) in [6, 6.07) is 9.22. The van der Waals surface area contributed by atoms with E-state index in [9.17, 15) is 4.79 Å². The number of rotatable bonds is 3. The van der Waals surface area contributed by atoms with Crippen LogP contribution in [0.25, 0.3) is 5.70 Å². The van der Waals surface area contributed by atoms with E-state index in [1.54, 1.807) is 0 Å². The number of carbonyl (C=O) groups is 1. The van der Waals surface area contributed by atoms with Crippen molar-refractivity contribution >= 4 is 17.7 Å². The van der Waals surface area contributed by atoms with Crippen molar-refractivity contribution in [1.82, 2.24) is 0 Å². The summed E-state index contributed by atoms with van der Waals surface area (Å²) in [4.78, 5) is 10.1. The molecule has 0 aliphatic heterocycles. The topological polar surface area (TPSA) is 66.9 Å². The third-order valence-electron chi connectivity index (χ3n) is 1.55. The van der Waals surface area contributed by atoms with Crippen molar-refractivity contribution < 1.29 is 4.79 Å². The molecule has 3 N–H and O–H groups in total. The van der Waals surface area contributed by atoms with Gasteiger partial charge in [-0.3, -0.25) is 10.2 Å². The summed E-state index contributed by atoms with van der Waals surface area (Å²) in [5.74, 6) is 0. The Balaban J connectivity index is 2.91. The van der Waals surface area contributed by atoms with E-state index < -0.39 is 0 Å². The molecule has 66 valence electrons. The zero-order chi connectivity index (χ0) is 9.68. The lowest BCUT2D eigenvalue weighted by Crippen LogP contribution is -2.01. The van der Waals surface area contributed by atoms with Gasteiger partial charge in [0.25, 0.3) is 0 Å². The Labute approximate surface area is 76.4 Å². The molecule has 1 aromatic carbocycles. The van der Waals surface area contributed by atoms with Gasteiger partial charge in [0.1, 0.15) is 0 Å². The Bertz CT molecular complexity index is 341. The second kappa shape index (κ2) is 4.21. The molecule has 0 bridgehead atoms. The maximum Gasteiger partial charge on any atom is 0.167 e. The molecule has 0 aliphatic rings. The highest BCUT2D eigenvalue weighted by Gasteiger charge is 1.95. The lowest BCUT2D eigenvalue weighted by Gasteiger charge is -1.99. The molecule has 3 nitrogen and oxygen atoms in total. The minimum absolute atomic E-state index is 0.124. The van der Waals surface area contributed by atoms with Crippen LogP contribution in [-0.2, 0) is 4.79 Å². The van der Waals surface area contributed by atoms with E-state index >= 15 is 0 Å². The van der Waals surface area contributed by atoms with Crippen LogP contribution in [0.2, 0.25) is 0 Å². The van der Waals surface area contributed by atoms with Gasteiger partial charge < -0.3 is 5.73 Å². The number of benzene rings is 1. The monoisotopic (exact) mass is 174 g/mol. The predicted molar refractivity (Wildman–Crippen MR) is 52.4 cm³/mol. The highest BCUT2D eigenvalue weighted by Crippen LogP contribution is 2.06. The van der Waals surface area contributed by atoms with E-state index in [4.69, 9.17) is 11.1 Å². The molecular weight excluding hydrogens is 164 g/mol. The van der Waals surface area contributed by atoms with Gasteiger partial charge in [0, 0.05) is 5.70 Å². The minimum Gasteiger partial charge on any atom is -0.398 e. The summed E-state index contributed by atoms with van der Waals surface area (Å²) < 4.78 is 0. The standard InChI is InChI=1S/C10H10N2O/c11-9(7-13)6-10(12)8-4-2-1-3-5-8/h1-7,11H,12H2/b10-6-,11-9?. The molecule has 3 heteroatoms. The van der Waals surface area contributed by atoms with Crippen LogP contribution in [0.15, 0.2) is 36.4 Å². The molecule has 0 radical (unpaired) electrons. The number of nitrogens with one attached hydrogen (secondary N) is 1. The zero-order valence-electron chi connectivity index (χ0n) is 7.03. The molecule has 0 unspecified atom stereocenters. The molecule has 0 aliphatic carbocycles. The summed E-state index contributed by atoms with van der Waals surface area (Å²) in [5.41, 5.74) is 6.75. The number of nitrogens with two attached hydrogens (primary N) is 1. The molecule has 0 heterocycles. The van der Waals surface area contributed by atoms with Crippen molar-refractivity contribution in [3.8, 4) is 0 Å². The Hall–Kier alpha value is -1.90. The molecule has 13 heavy (non-hydrogen) atoms. The number of hydrogen-bond acceptors (Lipinski definition) is 3. The molecule has 0 amide bonds. The quantitative estimate of drug-likeness (QED) is 0.534. The number of hydrogen-bond donors (Lipinski definition) is 2. The van der Waals surface area contributed by atoms with Crippen LogP contribution in [0.5, 0.6) is 0 Å². The van der Waals surface area contributed by atoms with E-state index in [0.29, 0.717) is 12.0 Å². The highest BCUT2D eigenvalue weighted by molar-refractivity contribution is 6.33. The van der Waals surface area contributed by atoms with Crippen molar-refractivity contribution in [2.24, 2.45) is 5.73 Å². The largest absolute Gasteiger partial charge is 0.398 e. The molecule has 1 rings (SSSR count). The first-order valence-corrected chi connectivity index (χ1v) is 3.80. The van der Waals surface area contributed by atoms with Crippen molar-refractivity contribution in [1.29, 1.82) is 5.41 Å². The van der Waals surface area contributed by atoms with E-state index in [1.807, 2.05) is 30.3 Å². The fraction of sp³-hybridized carbons (Fsp3) is 0. The number of aldehydes is 1. The van der Waals surface area contributed by atoms with E-state index in [1.165, 1.54) is 6.08 Å². The average molecular weight is 174 g/mol. The smallest absolute Gasteiger partial charge is 0.167 e. The van der Waals surface area contributed by atoms with Gasteiger partial charge in [0.2, 0.25) is 0 Å². The van der Waals surface area contributed by atoms with Crippen molar-refractivity contribution in [3.05, 3.63) is 42.0 Å². The van der Waals surface area contributed by atoms with Crippen LogP contribution in [0.1, 0.15) is 5.56 Å². The Morgan fingerprint density at radius 1 is 1.31 bits per heavy atom. The van der Waals surface area contributed by atoms with Gasteiger partial charge in [-0.05, 0) is 11.6 Å². The summed E-state index contributed by atoms with van der Waals surface area (Å²) >= 11 is 0. The van der Waals surface area contributed by atoms with Gasteiger partial charge in [0.05, 0.1) is 5.71 Å². The second-order valence-electron chi connectivity index (χ2n) is 2.54. The average Bonchev–Trinajstić information content (AvgIpc) is 2.19. The third-order valence-corrected chi connectivity index (χ3v) is 1.55. The lowest BCUT2D eigenvalue weighted by molar-refractivity contribution is -0.102. The molecule has 1 aromatic rings. The summed E-state index contributed by atoms with van der Waals surface area (Å²) in [5, 5.41) is 7.09. The van der Waals surface area contributed by atoms with Crippen molar-refractivity contribution in [2.75, 3.05) is 0 Å². The Morgan fingerprint density at radius 2 is 1.92 bits per heavy atom. The summed E-state index contributed by atoms with van der Waals surface area (Å²) in [6.07, 6.45) is 1.79. The van der Waals surface area contributed by atoms with Gasteiger partial charge in [0.15, 0.2) is 6.29 Å². The van der Waals surface area contributed by atoms with E-state index in [0.717, 1.165) is 5.56 Å². The van der Waals surface area contributed by atoms with Crippen LogP contribution >= 0.6 is 0 Å². The number of carbonyl (C=O) groups excluding carboxylic acids is 1. The van der Waals surface area contributed by atoms with Crippen LogP contribution in [-0.4, -0.2) is 12.0 Å². The van der Waals surface area contributed by atoms with Gasteiger partial charge >= 0.3 is 0 Å². The van der Waals surface area contributed by atoms with Crippen molar-refractivity contribution in [3.63, 3.8) is 0 Å². The predicted octanol–water partition coefficient (Wildman–Crippen LogP) is 1.20. The maximum atomic E-state index is 10.1. The second-order valence-corrected chi connectivity index (χ2v) is 2.54. The van der Waals surface area contributed by atoms with Crippen LogP contribution in [0.4, 0.5) is 0 Å². The molecule has 0 atom stereocenters. The van der Waals surface area contributed by atoms with Crippen LogP contribution in [0.3, 0.4) is 0 Å². The highest BCUT2D eigenvalue weighted by atomic mass is 16.1. The fourth-order valence-corrected chi connectivity index (χ4v) is 0.915. The normalized spacial score (nSPS) is 10.9. The first-order valence-electron chi connectivity index (χ1n) is 3.80. The number of allylic oxidation sites excluding steroid dienone is 1. The van der Waals surface area contributed by atoms with E-state index in [-0.39, 0.29) is 5.71 Å².